The van der Waals surface area contributed by atoms with E-state index in [-0.39, 0.29) is 54.5 Å². The number of amides is 4. The Kier molecular flexibility index (Phi) is 8.42. The monoisotopic (exact) mass is 453 g/mol. The molecule has 1 N–H and O–H groups in total. The summed E-state index contributed by atoms with van der Waals surface area (Å²) >= 11 is 0. The molecular weight excluding hydrogens is 418 g/mol. The van der Waals surface area contributed by atoms with Gasteiger partial charge in [-0.15, -0.1) is 0 Å². The number of allylic oxidation sites excluding steroid dienone is 2. The highest BCUT2D eigenvalue weighted by Crippen LogP contribution is 2.35. The normalized spacial score (nSPS) is 21.5. The Bertz CT molecular complexity index is 872. The van der Waals surface area contributed by atoms with Crippen LogP contribution in [0.4, 0.5) is 0 Å². The summed E-state index contributed by atoms with van der Waals surface area (Å²) in [6.45, 7) is 6.17. The predicted molar refractivity (Wildman–Crippen MR) is 126 cm³/mol. The number of nitrogens with one attached hydrogen (secondary N) is 1. The van der Waals surface area contributed by atoms with Gasteiger partial charge in [-0.1, -0.05) is 56.3 Å². The van der Waals surface area contributed by atoms with Gasteiger partial charge in [0.25, 0.3) is 0 Å². The third-order valence-corrected chi connectivity index (χ3v) is 6.73. The van der Waals surface area contributed by atoms with Crippen molar-refractivity contribution >= 4 is 23.6 Å². The van der Waals surface area contributed by atoms with Gasteiger partial charge in [-0.2, -0.15) is 0 Å². The maximum absolute atomic E-state index is 13.4. The summed E-state index contributed by atoms with van der Waals surface area (Å²) in [6.07, 6.45) is 6.32. The van der Waals surface area contributed by atoms with Gasteiger partial charge in [0.15, 0.2) is 0 Å². The molecule has 178 valence electrons. The minimum absolute atomic E-state index is 0.00426. The first-order valence-corrected chi connectivity index (χ1v) is 12.0. The molecule has 0 bridgehead atoms. The number of carbonyl (C=O) groups is 4. The minimum atomic E-state index is -0.622. The Morgan fingerprint density at radius 1 is 1.03 bits per heavy atom. The Morgan fingerprint density at radius 3 is 2.18 bits per heavy atom. The zero-order valence-electron chi connectivity index (χ0n) is 19.8. The van der Waals surface area contributed by atoms with Crippen LogP contribution in [0.3, 0.4) is 0 Å². The molecular formula is C26H35N3O4. The molecule has 1 fully saturated rings. The number of fused-ring (bicyclic) bond motifs is 1. The van der Waals surface area contributed by atoms with Gasteiger partial charge in [-0.3, -0.25) is 24.1 Å². The summed E-state index contributed by atoms with van der Waals surface area (Å²) in [5.74, 6) is -1.39. The van der Waals surface area contributed by atoms with Crippen LogP contribution < -0.4 is 5.32 Å². The smallest absolute Gasteiger partial charge is 0.243 e. The van der Waals surface area contributed by atoms with Gasteiger partial charge >= 0.3 is 0 Å². The first kappa shape index (κ1) is 24.7. The molecule has 0 unspecified atom stereocenters. The van der Waals surface area contributed by atoms with Crippen molar-refractivity contribution in [2.75, 3.05) is 6.54 Å². The van der Waals surface area contributed by atoms with Gasteiger partial charge in [0.1, 0.15) is 6.04 Å². The molecule has 0 radical (unpaired) electrons. The van der Waals surface area contributed by atoms with Crippen LogP contribution in [0, 0.1) is 11.8 Å². The van der Waals surface area contributed by atoms with Crippen LogP contribution in [0.1, 0.15) is 58.4 Å². The molecule has 4 amide bonds. The summed E-state index contributed by atoms with van der Waals surface area (Å²) in [4.78, 5) is 54.7. The Labute approximate surface area is 196 Å². The van der Waals surface area contributed by atoms with E-state index in [9.17, 15) is 19.2 Å². The molecule has 7 heteroatoms. The number of imide groups is 1. The molecule has 1 saturated heterocycles. The number of nitrogens with zero attached hydrogens (tertiary/aromatic N) is 2. The van der Waals surface area contributed by atoms with E-state index in [1.165, 1.54) is 4.90 Å². The number of rotatable bonds is 10. The molecule has 0 aromatic heterocycles. The highest BCUT2D eigenvalue weighted by Gasteiger charge is 2.47. The number of hydrogen-bond acceptors (Lipinski definition) is 4. The SMILES string of the molecule is CC[C@H](C)NC(=O)[C@H](CC)N(Cc1ccccc1)C(=O)CCN1C(=O)[C@H]2CC=CC[C@H]2C1=O. The summed E-state index contributed by atoms with van der Waals surface area (Å²) in [7, 11) is 0. The van der Waals surface area contributed by atoms with Gasteiger partial charge in [-0.25, -0.2) is 0 Å². The van der Waals surface area contributed by atoms with Crippen molar-refractivity contribution in [3.05, 3.63) is 48.0 Å². The molecule has 33 heavy (non-hydrogen) atoms. The molecule has 1 aliphatic carbocycles. The lowest BCUT2D eigenvalue weighted by Gasteiger charge is -2.32. The third kappa shape index (κ3) is 5.70. The largest absolute Gasteiger partial charge is 0.352 e. The van der Waals surface area contributed by atoms with Crippen molar-refractivity contribution < 1.29 is 19.2 Å². The molecule has 0 spiro atoms. The molecule has 1 heterocycles. The topological polar surface area (TPSA) is 86.8 Å². The Balaban J connectivity index is 1.73. The fourth-order valence-electron chi connectivity index (χ4n) is 4.58. The Hall–Kier alpha value is -2.96. The number of carbonyl (C=O) groups excluding carboxylic acids is 4. The third-order valence-electron chi connectivity index (χ3n) is 6.73. The second-order valence-electron chi connectivity index (χ2n) is 8.98. The van der Waals surface area contributed by atoms with E-state index in [4.69, 9.17) is 0 Å². The molecule has 3 rings (SSSR count). The van der Waals surface area contributed by atoms with E-state index in [0.29, 0.717) is 25.8 Å². The summed E-state index contributed by atoms with van der Waals surface area (Å²) < 4.78 is 0. The minimum Gasteiger partial charge on any atom is -0.352 e. The van der Waals surface area contributed by atoms with Crippen LogP contribution in [-0.4, -0.2) is 52.1 Å². The van der Waals surface area contributed by atoms with Crippen molar-refractivity contribution in [3.63, 3.8) is 0 Å². The van der Waals surface area contributed by atoms with Gasteiger partial charge in [0.2, 0.25) is 23.6 Å². The second kappa shape index (κ2) is 11.3. The lowest BCUT2D eigenvalue weighted by atomic mass is 9.85. The van der Waals surface area contributed by atoms with Gasteiger partial charge in [0, 0.05) is 25.6 Å². The zero-order valence-corrected chi connectivity index (χ0v) is 19.8. The summed E-state index contributed by atoms with van der Waals surface area (Å²) in [5, 5.41) is 2.99. The van der Waals surface area contributed by atoms with Gasteiger partial charge in [-0.05, 0) is 38.2 Å². The van der Waals surface area contributed by atoms with E-state index >= 15 is 0 Å². The van der Waals surface area contributed by atoms with E-state index in [2.05, 4.69) is 5.32 Å². The lowest BCUT2D eigenvalue weighted by Crippen LogP contribution is -2.51. The van der Waals surface area contributed by atoms with E-state index in [1.54, 1.807) is 4.90 Å². The number of hydrogen-bond donors (Lipinski definition) is 1. The highest BCUT2D eigenvalue weighted by atomic mass is 16.2. The highest BCUT2D eigenvalue weighted by molar-refractivity contribution is 6.05. The molecule has 2 aliphatic rings. The van der Waals surface area contributed by atoms with E-state index in [1.807, 2.05) is 63.3 Å². The molecule has 1 aliphatic heterocycles. The molecule has 4 atom stereocenters. The molecule has 1 aromatic carbocycles. The van der Waals surface area contributed by atoms with Gasteiger partial charge < -0.3 is 10.2 Å². The van der Waals surface area contributed by atoms with Crippen molar-refractivity contribution in [2.24, 2.45) is 11.8 Å². The summed E-state index contributed by atoms with van der Waals surface area (Å²) in [5.41, 5.74) is 0.922. The van der Waals surface area contributed by atoms with Crippen LogP contribution in [0.2, 0.25) is 0 Å². The first-order valence-electron chi connectivity index (χ1n) is 12.0. The maximum atomic E-state index is 13.4. The van der Waals surface area contributed by atoms with E-state index in [0.717, 1.165) is 12.0 Å². The average molecular weight is 454 g/mol. The van der Waals surface area contributed by atoms with Gasteiger partial charge in [0.05, 0.1) is 11.8 Å². The average Bonchev–Trinajstić information content (AvgIpc) is 3.07. The van der Waals surface area contributed by atoms with Crippen LogP contribution >= 0.6 is 0 Å². The molecule has 0 saturated carbocycles. The fraction of sp³-hybridized carbons (Fsp3) is 0.538. The second-order valence-corrected chi connectivity index (χ2v) is 8.98. The number of likely N-dealkylation sites (tertiary alicyclic amines) is 1. The first-order chi connectivity index (χ1) is 15.9. The van der Waals surface area contributed by atoms with Crippen molar-refractivity contribution in [3.8, 4) is 0 Å². The lowest BCUT2D eigenvalue weighted by molar-refractivity contribution is -0.144. The standard InChI is InChI=1S/C26H35N3O4/c1-4-18(3)27-24(31)22(5-2)29(17-19-11-7-6-8-12-19)23(30)15-16-28-25(32)20-13-9-10-14-21(20)26(28)33/h6-12,18,20-22H,4-5,13-17H2,1-3H3,(H,27,31)/t18-,20-,21+,22-/m0/s1. The fourth-order valence-corrected chi connectivity index (χ4v) is 4.58. The van der Waals surface area contributed by atoms with Crippen LogP contribution in [-0.2, 0) is 25.7 Å². The van der Waals surface area contributed by atoms with Crippen molar-refractivity contribution in [2.45, 2.75) is 71.5 Å². The molecule has 7 nitrogen and oxygen atoms in total. The summed E-state index contributed by atoms with van der Waals surface area (Å²) in [6, 6.07) is 8.93. The van der Waals surface area contributed by atoms with Crippen LogP contribution in [0.15, 0.2) is 42.5 Å². The van der Waals surface area contributed by atoms with Crippen molar-refractivity contribution in [1.29, 1.82) is 0 Å². The molecule has 1 aromatic rings. The Morgan fingerprint density at radius 2 is 1.64 bits per heavy atom. The van der Waals surface area contributed by atoms with Crippen LogP contribution in [0.5, 0.6) is 0 Å². The maximum Gasteiger partial charge on any atom is 0.243 e. The number of benzene rings is 1. The van der Waals surface area contributed by atoms with E-state index < -0.39 is 6.04 Å². The quantitative estimate of drug-likeness (QED) is 0.436. The van der Waals surface area contributed by atoms with Crippen LogP contribution in [0.25, 0.3) is 0 Å². The van der Waals surface area contributed by atoms with Crippen molar-refractivity contribution in [1.82, 2.24) is 15.1 Å². The zero-order chi connectivity index (χ0) is 24.0. The predicted octanol–water partition coefficient (Wildman–Crippen LogP) is 3.05.